The maximum Gasteiger partial charge on any atom is 0.342 e. The molecule has 22 heavy (non-hydrogen) atoms. The summed E-state index contributed by atoms with van der Waals surface area (Å²) in [7, 11) is 0. The average molecular weight is 303 g/mol. The highest BCUT2D eigenvalue weighted by atomic mass is 19.1. The number of phenols is 1. The monoisotopic (exact) mass is 303 g/mol. The predicted molar refractivity (Wildman–Crippen MR) is 78.2 cm³/mol. The number of hydrogen-bond acceptors (Lipinski definition) is 4. The molecule has 1 amide bonds. The van der Waals surface area contributed by atoms with E-state index in [0.717, 1.165) is 5.56 Å². The van der Waals surface area contributed by atoms with Crippen molar-refractivity contribution >= 4 is 17.6 Å². The molecule has 0 atom stereocenters. The summed E-state index contributed by atoms with van der Waals surface area (Å²) in [5.74, 6) is -1.99. The number of nitrogens with one attached hydrogen (secondary N) is 1. The number of phenolic OH excluding ortho intramolecular Hbond substituents is 1. The van der Waals surface area contributed by atoms with Crippen LogP contribution in [0, 0.1) is 12.7 Å². The molecule has 0 radical (unpaired) electrons. The van der Waals surface area contributed by atoms with Gasteiger partial charge in [0.05, 0.1) is 0 Å². The van der Waals surface area contributed by atoms with Crippen LogP contribution in [0.15, 0.2) is 42.5 Å². The van der Waals surface area contributed by atoms with E-state index in [1.54, 1.807) is 13.0 Å². The molecule has 2 N–H and O–H groups in total. The van der Waals surface area contributed by atoms with Gasteiger partial charge in [-0.2, -0.15) is 0 Å². The SMILES string of the molecule is Cc1ccc(O)c(C(=O)OCC(=O)Nc2ccc(F)cc2)c1. The van der Waals surface area contributed by atoms with Gasteiger partial charge in [0.25, 0.3) is 5.91 Å². The standard InChI is InChI=1S/C16H14FNO4/c1-10-2-7-14(19)13(8-10)16(21)22-9-15(20)18-12-5-3-11(17)4-6-12/h2-8,19H,9H2,1H3,(H,18,20). The fraction of sp³-hybridized carbons (Fsp3) is 0.125. The largest absolute Gasteiger partial charge is 0.507 e. The number of anilines is 1. The van der Waals surface area contributed by atoms with Gasteiger partial charge in [0.1, 0.15) is 17.1 Å². The zero-order valence-electron chi connectivity index (χ0n) is 11.8. The fourth-order valence-electron chi connectivity index (χ4n) is 1.75. The van der Waals surface area contributed by atoms with Crippen LogP contribution in [0.4, 0.5) is 10.1 Å². The van der Waals surface area contributed by atoms with Crippen LogP contribution >= 0.6 is 0 Å². The van der Waals surface area contributed by atoms with E-state index in [0.29, 0.717) is 5.69 Å². The minimum atomic E-state index is -0.796. The third kappa shape index (κ3) is 4.05. The molecule has 0 aliphatic carbocycles. The lowest BCUT2D eigenvalue weighted by molar-refractivity contribution is -0.119. The Hall–Kier alpha value is -2.89. The Morgan fingerprint density at radius 1 is 1.18 bits per heavy atom. The molecule has 0 saturated heterocycles. The van der Waals surface area contributed by atoms with Crippen molar-refractivity contribution in [3.05, 3.63) is 59.4 Å². The Morgan fingerprint density at radius 2 is 1.86 bits per heavy atom. The van der Waals surface area contributed by atoms with Gasteiger partial charge in [-0.15, -0.1) is 0 Å². The minimum absolute atomic E-state index is 0.00502. The highest BCUT2D eigenvalue weighted by Gasteiger charge is 2.14. The van der Waals surface area contributed by atoms with Crippen molar-refractivity contribution in [3.63, 3.8) is 0 Å². The van der Waals surface area contributed by atoms with E-state index in [9.17, 15) is 19.1 Å². The Labute approximate surface area is 126 Å². The quantitative estimate of drug-likeness (QED) is 0.851. The summed E-state index contributed by atoms with van der Waals surface area (Å²) in [5, 5.41) is 12.1. The van der Waals surface area contributed by atoms with E-state index in [1.165, 1.54) is 36.4 Å². The van der Waals surface area contributed by atoms with Gasteiger partial charge >= 0.3 is 5.97 Å². The second-order valence-corrected chi connectivity index (χ2v) is 4.65. The first-order valence-electron chi connectivity index (χ1n) is 6.48. The Balaban J connectivity index is 1.91. The van der Waals surface area contributed by atoms with Crippen molar-refractivity contribution in [1.29, 1.82) is 0 Å². The summed E-state index contributed by atoms with van der Waals surface area (Å²) in [5.41, 5.74) is 1.16. The number of carbonyl (C=O) groups excluding carboxylic acids is 2. The lowest BCUT2D eigenvalue weighted by Crippen LogP contribution is -2.21. The van der Waals surface area contributed by atoms with E-state index in [1.807, 2.05) is 0 Å². The maximum absolute atomic E-state index is 12.7. The minimum Gasteiger partial charge on any atom is -0.507 e. The summed E-state index contributed by atoms with van der Waals surface area (Å²) in [6, 6.07) is 9.68. The van der Waals surface area contributed by atoms with Crippen LogP contribution in [0.25, 0.3) is 0 Å². The van der Waals surface area contributed by atoms with Crippen LogP contribution in [-0.2, 0) is 9.53 Å². The summed E-state index contributed by atoms with van der Waals surface area (Å²) in [6.07, 6.45) is 0. The number of rotatable bonds is 4. The number of aromatic hydroxyl groups is 1. The summed E-state index contributed by atoms with van der Waals surface area (Å²) < 4.78 is 17.6. The van der Waals surface area contributed by atoms with Gasteiger partial charge in [-0.25, -0.2) is 9.18 Å². The number of hydrogen-bond donors (Lipinski definition) is 2. The normalized spacial score (nSPS) is 10.1. The molecular formula is C16H14FNO4. The van der Waals surface area contributed by atoms with E-state index in [4.69, 9.17) is 4.74 Å². The molecule has 6 heteroatoms. The van der Waals surface area contributed by atoms with Crippen molar-refractivity contribution in [2.24, 2.45) is 0 Å². The van der Waals surface area contributed by atoms with E-state index >= 15 is 0 Å². The first-order valence-corrected chi connectivity index (χ1v) is 6.48. The molecule has 2 aromatic rings. The highest BCUT2D eigenvalue weighted by molar-refractivity contribution is 5.96. The molecule has 0 aliphatic rings. The predicted octanol–water partition coefficient (Wildman–Crippen LogP) is 2.64. The number of halogens is 1. The number of esters is 1. The zero-order chi connectivity index (χ0) is 16.1. The third-order valence-electron chi connectivity index (χ3n) is 2.83. The van der Waals surface area contributed by atoms with Gasteiger partial charge in [0.15, 0.2) is 6.61 Å². The van der Waals surface area contributed by atoms with Crippen LogP contribution in [0.1, 0.15) is 15.9 Å². The van der Waals surface area contributed by atoms with Gasteiger partial charge in [-0.3, -0.25) is 4.79 Å². The van der Waals surface area contributed by atoms with E-state index in [2.05, 4.69) is 5.32 Å². The lowest BCUT2D eigenvalue weighted by Gasteiger charge is -2.08. The number of carbonyl (C=O) groups is 2. The smallest absolute Gasteiger partial charge is 0.342 e. The van der Waals surface area contributed by atoms with Crippen molar-refractivity contribution in [1.82, 2.24) is 0 Å². The molecule has 0 unspecified atom stereocenters. The van der Waals surface area contributed by atoms with Gasteiger partial charge in [0, 0.05) is 5.69 Å². The molecule has 0 spiro atoms. The van der Waals surface area contributed by atoms with Crippen LogP contribution < -0.4 is 5.32 Å². The highest BCUT2D eigenvalue weighted by Crippen LogP contribution is 2.19. The van der Waals surface area contributed by atoms with Gasteiger partial charge in [-0.1, -0.05) is 11.6 Å². The van der Waals surface area contributed by atoms with Crippen LogP contribution in [-0.4, -0.2) is 23.6 Å². The summed E-state index contributed by atoms with van der Waals surface area (Å²) in [4.78, 5) is 23.4. The van der Waals surface area contributed by atoms with Crippen molar-refractivity contribution in [2.75, 3.05) is 11.9 Å². The Kier molecular flexibility index (Phi) is 4.73. The Bertz CT molecular complexity index is 698. The number of ether oxygens (including phenoxy) is 1. The summed E-state index contributed by atoms with van der Waals surface area (Å²) >= 11 is 0. The first-order chi connectivity index (χ1) is 10.5. The molecule has 0 bridgehead atoms. The van der Waals surface area contributed by atoms with Gasteiger partial charge in [0.2, 0.25) is 0 Å². The maximum atomic E-state index is 12.7. The zero-order valence-corrected chi connectivity index (χ0v) is 11.8. The van der Waals surface area contributed by atoms with Crippen LogP contribution in [0.5, 0.6) is 5.75 Å². The van der Waals surface area contributed by atoms with Gasteiger partial charge < -0.3 is 15.2 Å². The average Bonchev–Trinajstić information content (AvgIpc) is 2.49. The topological polar surface area (TPSA) is 75.6 Å². The number of amides is 1. The molecule has 0 saturated carbocycles. The van der Waals surface area contributed by atoms with Crippen molar-refractivity contribution < 1.29 is 23.8 Å². The molecule has 0 heterocycles. The van der Waals surface area contributed by atoms with Crippen LogP contribution in [0.2, 0.25) is 0 Å². The molecule has 2 aromatic carbocycles. The lowest BCUT2D eigenvalue weighted by atomic mass is 10.1. The molecular weight excluding hydrogens is 289 g/mol. The molecule has 2 rings (SSSR count). The van der Waals surface area contributed by atoms with E-state index in [-0.39, 0.29) is 11.3 Å². The molecule has 5 nitrogen and oxygen atoms in total. The molecule has 114 valence electrons. The number of aryl methyl sites for hydroxylation is 1. The van der Waals surface area contributed by atoms with Crippen molar-refractivity contribution in [2.45, 2.75) is 6.92 Å². The van der Waals surface area contributed by atoms with Crippen LogP contribution in [0.3, 0.4) is 0 Å². The summed E-state index contributed by atoms with van der Waals surface area (Å²) in [6.45, 7) is 1.25. The Morgan fingerprint density at radius 3 is 2.55 bits per heavy atom. The fourth-order valence-corrected chi connectivity index (χ4v) is 1.75. The van der Waals surface area contributed by atoms with Gasteiger partial charge in [-0.05, 0) is 43.3 Å². The molecule has 0 aliphatic heterocycles. The molecule has 0 fully saturated rings. The first kappa shape index (κ1) is 15.5. The van der Waals surface area contributed by atoms with Crippen molar-refractivity contribution in [3.8, 4) is 5.75 Å². The third-order valence-corrected chi connectivity index (χ3v) is 2.83. The molecule has 0 aromatic heterocycles. The second kappa shape index (κ2) is 6.71. The van der Waals surface area contributed by atoms with E-state index < -0.39 is 24.3 Å². The second-order valence-electron chi connectivity index (χ2n) is 4.65. The number of benzene rings is 2.